The van der Waals surface area contributed by atoms with Crippen LogP contribution in [-0.2, 0) is 46.6 Å². The van der Waals surface area contributed by atoms with Crippen LogP contribution in [0.25, 0.3) is 0 Å². The maximum absolute atomic E-state index is 13.3. The highest BCUT2D eigenvalue weighted by atomic mass is 35.5. The average Bonchev–Trinajstić information content (AvgIpc) is 2.84. The number of rotatable bonds is 5. The van der Waals surface area contributed by atoms with Gasteiger partial charge in [-0.2, -0.15) is 30.6 Å². The molecular weight excluding hydrogens is 593 g/mol. The van der Waals surface area contributed by atoms with Gasteiger partial charge in [-0.25, -0.2) is 8.42 Å². The summed E-state index contributed by atoms with van der Waals surface area (Å²) in [6, 6.07) is 9.46. The molecule has 14 heteroatoms. The Morgan fingerprint density at radius 1 is 0.897 bits per heavy atom. The van der Waals surface area contributed by atoms with Crippen LogP contribution in [0.3, 0.4) is 0 Å². The van der Waals surface area contributed by atoms with Crippen molar-refractivity contribution in [1.82, 2.24) is 4.31 Å². The number of alkyl halides is 6. The molecule has 3 aromatic rings. The van der Waals surface area contributed by atoms with Crippen LogP contribution in [0.4, 0.5) is 32.0 Å². The molecule has 1 aliphatic rings. The molecule has 208 valence electrons. The van der Waals surface area contributed by atoms with E-state index in [4.69, 9.17) is 23.2 Å². The van der Waals surface area contributed by atoms with E-state index in [2.05, 4.69) is 5.32 Å². The van der Waals surface area contributed by atoms with Gasteiger partial charge in [-0.3, -0.25) is 4.79 Å². The largest absolute Gasteiger partial charge is 0.417 e. The number of benzene rings is 3. The summed E-state index contributed by atoms with van der Waals surface area (Å²) in [5, 5.41) is 2.18. The molecule has 0 aliphatic carbocycles. The first-order valence-corrected chi connectivity index (χ1v) is 13.4. The molecule has 0 aromatic heterocycles. The van der Waals surface area contributed by atoms with Crippen molar-refractivity contribution in [3.05, 3.63) is 92.5 Å². The van der Waals surface area contributed by atoms with Gasteiger partial charge in [0.25, 0.3) is 0 Å². The number of anilines is 1. The monoisotopic (exact) mass is 610 g/mol. The van der Waals surface area contributed by atoms with E-state index in [1.807, 2.05) is 0 Å². The van der Waals surface area contributed by atoms with Gasteiger partial charge in [0.2, 0.25) is 15.9 Å². The van der Waals surface area contributed by atoms with E-state index in [1.165, 1.54) is 18.2 Å². The number of hydrogen-bond acceptors (Lipinski definition) is 3. The highest BCUT2D eigenvalue weighted by Crippen LogP contribution is 2.38. The molecule has 5 nitrogen and oxygen atoms in total. The first-order valence-electron chi connectivity index (χ1n) is 11.2. The molecule has 1 amide bonds. The van der Waals surface area contributed by atoms with Crippen LogP contribution in [-0.4, -0.2) is 25.2 Å². The van der Waals surface area contributed by atoms with Crippen molar-refractivity contribution < 1.29 is 39.6 Å². The van der Waals surface area contributed by atoms with Crippen LogP contribution in [0.15, 0.2) is 59.5 Å². The Kier molecular flexibility index (Phi) is 7.96. The third-order valence-electron chi connectivity index (χ3n) is 6.11. The van der Waals surface area contributed by atoms with Crippen LogP contribution >= 0.6 is 23.2 Å². The third kappa shape index (κ3) is 6.34. The summed E-state index contributed by atoms with van der Waals surface area (Å²) in [7, 11) is -4.33. The summed E-state index contributed by atoms with van der Waals surface area (Å²) >= 11 is 11.9. The second-order valence-corrected chi connectivity index (χ2v) is 11.5. The van der Waals surface area contributed by atoms with Crippen molar-refractivity contribution in [2.45, 2.75) is 36.6 Å². The number of carbonyl (C=O) groups excluding carboxylic acids is 1. The Bertz CT molecular complexity index is 1520. The molecule has 0 saturated heterocycles. The van der Waals surface area contributed by atoms with Crippen molar-refractivity contribution in [2.24, 2.45) is 0 Å². The number of fused-ring (bicyclic) bond motifs is 1. The van der Waals surface area contributed by atoms with Gasteiger partial charge in [0.15, 0.2) is 0 Å². The molecule has 39 heavy (non-hydrogen) atoms. The summed E-state index contributed by atoms with van der Waals surface area (Å²) in [6.07, 6.45) is -9.50. The maximum atomic E-state index is 13.3. The van der Waals surface area contributed by atoms with Crippen molar-refractivity contribution >= 4 is 44.8 Å². The van der Waals surface area contributed by atoms with Crippen LogP contribution in [0, 0.1) is 0 Å². The zero-order valence-corrected chi connectivity index (χ0v) is 22.0. The number of sulfonamides is 1. The highest BCUT2D eigenvalue weighted by Gasteiger charge is 2.36. The van der Waals surface area contributed by atoms with Gasteiger partial charge in [0, 0.05) is 13.1 Å². The van der Waals surface area contributed by atoms with E-state index in [0.717, 1.165) is 28.6 Å². The third-order valence-corrected chi connectivity index (χ3v) is 8.59. The Morgan fingerprint density at radius 2 is 1.54 bits per heavy atom. The van der Waals surface area contributed by atoms with Crippen LogP contribution in [0.2, 0.25) is 10.0 Å². The fraction of sp³-hybridized carbons (Fsp3) is 0.240. The molecular formula is C25H18Cl2F6N2O3S. The smallest absolute Gasteiger partial charge is 0.324 e. The minimum Gasteiger partial charge on any atom is -0.324 e. The lowest BCUT2D eigenvalue weighted by atomic mass is 9.98. The Morgan fingerprint density at radius 3 is 2.15 bits per heavy atom. The molecule has 0 bridgehead atoms. The molecule has 0 atom stereocenters. The molecule has 0 unspecified atom stereocenters. The summed E-state index contributed by atoms with van der Waals surface area (Å²) in [4.78, 5) is 12.1. The van der Waals surface area contributed by atoms with Gasteiger partial charge in [-0.1, -0.05) is 41.4 Å². The van der Waals surface area contributed by atoms with Gasteiger partial charge in [-0.05, 0) is 59.5 Å². The topological polar surface area (TPSA) is 66.5 Å². The number of carbonyl (C=O) groups is 1. The lowest BCUT2D eigenvalue weighted by Crippen LogP contribution is -2.36. The fourth-order valence-corrected chi connectivity index (χ4v) is 6.05. The Labute approximate surface area is 229 Å². The average molecular weight is 611 g/mol. The zero-order chi connectivity index (χ0) is 28.8. The number of hydrogen-bond donors (Lipinski definition) is 1. The number of halogens is 8. The lowest BCUT2D eigenvalue weighted by Gasteiger charge is -2.30. The van der Waals surface area contributed by atoms with Gasteiger partial charge in [0.05, 0.1) is 38.2 Å². The Balaban J connectivity index is 1.54. The van der Waals surface area contributed by atoms with E-state index in [9.17, 15) is 39.6 Å². The van der Waals surface area contributed by atoms with E-state index >= 15 is 0 Å². The van der Waals surface area contributed by atoms with Crippen molar-refractivity contribution in [2.75, 3.05) is 11.9 Å². The quantitative estimate of drug-likeness (QED) is 0.318. The molecule has 1 aliphatic heterocycles. The number of nitrogens with one attached hydrogen (secondary N) is 1. The second kappa shape index (κ2) is 10.6. The molecule has 3 aromatic carbocycles. The molecule has 1 N–H and O–H groups in total. The van der Waals surface area contributed by atoms with Gasteiger partial charge >= 0.3 is 12.4 Å². The van der Waals surface area contributed by atoms with E-state index in [0.29, 0.717) is 22.8 Å². The summed E-state index contributed by atoms with van der Waals surface area (Å²) in [5.74, 6) is -0.555. The summed E-state index contributed by atoms with van der Waals surface area (Å²) in [6.45, 7) is -0.304. The SMILES string of the molecule is O=C(Cc1ccc(C(F)(F)F)cc1)Nc1c(Cl)ccc2c1CCN(S(=O)(=O)c1ccc(Cl)c(C(F)(F)F)c1)C2. The molecule has 0 spiro atoms. The minimum atomic E-state index is -4.85. The van der Waals surface area contributed by atoms with Gasteiger partial charge in [-0.15, -0.1) is 0 Å². The fourth-order valence-electron chi connectivity index (χ4n) is 4.15. The van der Waals surface area contributed by atoms with Crippen molar-refractivity contribution in [1.29, 1.82) is 0 Å². The molecule has 1 heterocycles. The van der Waals surface area contributed by atoms with Crippen LogP contribution in [0.5, 0.6) is 0 Å². The summed E-state index contributed by atoms with van der Waals surface area (Å²) < 4.78 is 105. The minimum absolute atomic E-state index is 0.0880. The maximum Gasteiger partial charge on any atom is 0.417 e. The van der Waals surface area contributed by atoms with Crippen molar-refractivity contribution in [3.8, 4) is 0 Å². The molecule has 0 saturated carbocycles. The summed E-state index contributed by atoms with van der Waals surface area (Å²) in [5.41, 5.74) is -0.535. The van der Waals surface area contributed by atoms with Crippen molar-refractivity contribution in [3.63, 3.8) is 0 Å². The molecule has 0 radical (unpaired) electrons. The Hall–Kier alpha value is -2.80. The lowest BCUT2D eigenvalue weighted by molar-refractivity contribution is -0.138. The van der Waals surface area contributed by atoms with E-state index < -0.39 is 49.3 Å². The molecule has 0 fully saturated rings. The first kappa shape index (κ1) is 29.2. The predicted molar refractivity (Wildman–Crippen MR) is 133 cm³/mol. The van der Waals surface area contributed by atoms with Gasteiger partial charge < -0.3 is 5.32 Å². The van der Waals surface area contributed by atoms with Crippen LogP contribution < -0.4 is 5.32 Å². The highest BCUT2D eigenvalue weighted by molar-refractivity contribution is 7.89. The molecule has 4 rings (SSSR count). The normalized spacial score (nSPS) is 14.7. The number of amides is 1. The standard InChI is InChI=1S/C25H18Cl2F6N2O3S/c26-20-8-6-17(12-19(20)25(31,32)33)39(37,38)35-10-9-18-15(13-35)3-7-21(27)23(18)34-22(36)11-14-1-4-16(5-2-14)24(28,29)30/h1-8,12H,9-11,13H2,(H,34,36). The number of nitrogens with zero attached hydrogens (tertiary/aromatic N) is 1. The second-order valence-electron chi connectivity index (χ2n) is 8.71. The van der Waals surface area contributed by atoms with E-state index in [1.54, 1.807) is 6.07 Å². The van der Waals surface area contributed by atoms with Crippen LogP contribution in [0.1, 0.15) is 27.8 Å². The predicted octanol–water partition coefficient (Wildman–Crippen LogP) is 6.96. The van der Waals surface area contributed by atoms with E-state index in [-0.39, 0.29) is 36.6 Å². The van der Waals surface area contributed by atoms with Gasteiger partial charge in [0.1, 0.15) is 0 Å². The zero-order valence-electron chi connectivity index (χ0n) is 19.6. The first-order chi connectivity index (χ1) is 18.1.